The number of amides is 1. The molecule has 7 nitrogen and oxygen atoms in total. The van der Waals surface area contributed by atoms with Gasteiger partial charge in [0.05, 0.1) is 5.69 Å². The Bertz CT molecular complexity index is 1510. The maximum atomic E-state index is 14.4. The maximum Gasteiger partial charge on any atom is 0.229 e. The molecule has 42 heavy (non-hydrogen) atoms. The summed E-state index contributed by atoms with van der Waals surface area (Å²) in [4.78, 5) is 20.7. The molecule has 0 aliphatic heterocycles. The predicted octanol–water partition coefficient (Wildman–Crippen LogP) is 7.38. The number of halogens is 1. The number of aryl methyl sites for hydroxylation is 1. The van der Waals surface area contributed by atoms with E-state index in [1.54, 1.807) is 0 Å². The number of aromatic nitrogens is 4. The zero-order valence-electron chi connectivity index (χ0n) is 25.2. The Kier molecular flexibility index (Phi) is 5.69. The highest BCUT2D eigenvalue weighted by Gasteiger charge is 2.69. The van der Waals surface area contributed by atoms with Gasteiger partial charge in [-0.3, -0.25) is 9.48 Å². The molecule has 222 valence electrons. The van der Waals surface area contributed by atoms with Crippen molar-refractivity contribution < 1.29 is 13.7 Å². The number of carbonyl (C=O) groups is 1. The van der Waals surface area contributed by atoms with Crippen LogP contribution in [0.4, 0.5) is 10.1 Å². The van der Waals surface area contributed by atoms with Crippen LogP contribution in [0, 0.1) is 10.8 Å². The summed E-state index contributed by atoms with van der Waals surface area (Å²) < 4.78 is 22.0. The lowest BCUT2D eigenvalue weighted by molar-refractivity contribution is -0.215. The quantitative estimate of drug-likeness (QED) is 0.268. The number of benzene rings is 1. The first kappa shape index (κ1) is 26.6. The monoisotopic (exact) mass is 571 g/mol. The lowest BCUT2D eigenvalue weighted by Gasteiger charge is -2.66. The molecule has 2 heterocycles. The van der Waals surface area contributed by atoms with Crippen molar-refractivity contribution in [1.82, 2.24) is 19.9 Å². The van der Waals surface area contributed by atoms with E-state index in [4.69, 9.17) is 9.62 Å². The van der Waals surface area contributed by atoms with E-state index in [-0.39, 0.29) is 28.1 Å². The lowest BCUT2D eigenvalue weighted by Crippen LogP contribution is -2.65. The van der Waals surface area contributed by atoms with E-state index >= 15 is 0 Å². The Labute approximate surface area is 247 Å². The molecule has 7 aliphatic rings. The lowest BCUT2D eigenvalue weighted by atomic mass is 9.41. The van der Waals surface area contributed by atoms with Crippen molar-refractivity contribution in [3.05, 3.63) is 47.6 Å². The summed E-state index contributed by atoms with van der Waals surface area (Å²) >= 11 is 0. The van der Waals surface area contributed by atoms with Gasteiger partial charge in [-0.1, -0.05) is 31.1 Å². The minimum Gasteiger partial charge on any atom is -0.339 e. The zero-order valence-corrected chi connectivity index (χ0v) is 25.2. The van der Waals surface area contributed by atoms with Gasteiger partial charge < -0.3 is 9.42 Å². The van der Waals surface area contributed by atoms with E-state index in [9.17, 15) is 9.18 Å². The number of carbonyl (C=O) groups excluding carboxylic acids is 1. The summed E-state index contributed by atoms with van der Waals surface area (Å²) in [5.41, 5.74) is 3.61. The second-order valence-corrected chi connectivity index (χ2v) is 15.1. The smallest absolute Gasteiger partial charge is 0.229 e. The summed E-state index contributed by atoms with van der Waals surface area (Å²) in [5, 5.41) is 9.13. The van der Waals surface area contributed by atoms with Crippen LogP contribution in [0.5, 0.6) is 0 Å². The van der Waals surface area contributed by atoms with Crippen LogP contribution < -0.4 is 4.90 Å². The van der Waals surface area contributed by atoms with Gasteiger partial charge in [0.25, 0.3) is 0 Å². The van der Waals surface area contributed by atoms with Crippen molar-refractivity contribution >= 4 is 11.6 Å². The van der Waals surface area contributed by atoms with Crippen LogP contribution in [0.15, 0.2) is 34.9 Å². The Morgan fingerprint density at radius 1 is 1.07 bits per heavy atom. The molecular weight excluding hydrogens is 529 g/mol. The highest BCUT2D eigenvalue weighted by atomic mass is 19.1. The standard InChI is InChI=1S/C34H42FN5O2/c1-22(2)30-36-29(38-42-30)24-5-4-6-25(15-24)40(28(41)17-32-18-34(35,19-32)20-32)21-31-9-12-33(13-10-31,14-11-31)27-16-26(23-7-8-23)37-39(27)3/h4-6,15-16,22-23H,7-14,17-21H2,1-3H3. The molecule has 10 rings (SSSR count). The van der Waals surface area contributed by atoms with E-state index in [2.05, 4.69) is 27.9 Å². The molecule has 0 radical (unpaired) electrons. The largest absolute Gasteiger partial charge is 0.339 e. The zero-order chi connectivity index (χ0) is 28.9. The van der Waals surface area contributed by atoms with Crippen LogP contribution >= 0.6 is 0 Å². The van der Waals surface area contributed by atoms with Crippen LogP contribution in [-0.4, -0.2) is 38.0 Å². The van der Waals surface area contributed by atoms with Crippen molar-refractivity contribution in [1.29, 1.82) is 0 Å². The van der Waals surface area contributed by atoms with Crippen LogP contribution in [-0.2, 0) is 17.3 Å². The number of hydrogen-bond acceptors (Lipinski definition) is 5. The molecule has 0 spiro atoms. The van der Waals surface area contributed by atoms with Crippen LogP contribution in [0.2, 0.25) is 0 Å². The van der Waals surface area contributed by atoms with Crippen molar-refractivity contribution in [3.8, 4) is 11.4 Å². The first-order chi connectivity index (χ1) is 20.1. The predicted molar refractivity (Wildman–Crippen MR) is 158 cm³/mol. The number of nitrogens with zero attached hydrogens (tertiary/aromatic N) is 5. The van der Waals surface area contributed by atoms with E-state index in [0.717, 1.165) is 49.8 Å². The van der Waals surface area contributed by atoms with Gasteiger partial charge in [0.2, 0.25) is 17.6 Å². The van der Waals surface area contributed by atoms with Crippen LogP contribution in [0.3, 0.4) is 0 Å². The molecule has 1 amide bonds. The Hall–Kier alpha value is -3.03. The molecule has 0 saturated heterocycles. The van der Waals surface area contributed by atoms with Crippen molar-refractivity contribution in [2.45, 2.75) is 114 Å². The second kappa shape index (κ2) is 8.99. The molecular formula is C34H42FN5O2. The average molecular weight is 572 g/mol. The van der Waals surface area contributed by atoms with Gasteiger partial charge in [0.15, 0.2) is 0 Å². The average Bonchev–Trinajstić information content (AvgIpc) is 3.53. The number of hydrogen-bond donors (Lipinski definition) is 0. The minimum atomic E-state index is -1.00. The molecule has 3 aromatic rings. The third kappa shape index (κ3) is 4.26. The van der Waals surface area contributed by atoms with Crippen molar-refractivity contribution in [2.75, 3.05) is 11.4 Å². The highest BCUT2D eigenvalue weighted by molar-refractivity contribution is 5.94. The molecule has 0 N–H and O–H groups in total. The van der Waals surface area contributed by atoms with E-state index in [0.29, 0.717) is 49.9 Å². The van der Waals surface area contributed by atoms with Gasteiger partial charge in [0.1, 0.15) is 5.67 Å². The summed E-state index contributed by atoms with van der Waals surface area (Å²) in [7, 11) is 2.13. The first-order valence-electron chi connectivity index (χ1n) is 16.1. The molecule has 7 fully saturated rings. The van der Waals surface area contributed by atoms with Crippen molar-refractivity contribution in [2.24, 2.45) is 17.9 Å². The second-order valence-electron chi connectivity index (χ2n) is 15.1. The fraction of sp³-hybridized carbons (Fsp3) is 0.647. The third-order valence-electron chi connectivity index (χ3n) is 11.6. The molecule has 1 aromatic carbocycles. The van der Waals surface area contributed by atoms with Gasteiger partial charge >= 0.3 is 0 Å². The van der Waals surface area contributed by atoms with Crippen molar-refractivity contribution in [3.63, 3.8) is 0 Å². The fourth-order valence-corrected chi connectivity index (χ4v) is 8.97. The normalized spacial score (nSPS) is 33.0. The summed E-state index contributed by atoms with van der Waals surface area (Å²) in [6.07, 6.45) is 11.4. The van der Waals surface area contributed by atoms with Gasteiger partial charge in [-0.25, -0.2) is 4.39 Å². The Balaban J connectivity index is 1.06. The fourth-order valence-electron chi connectivity index (χ4n) is 8.97. The number of alkyl halides is 1. The van der Waals surface area contributed by atoms with E-state index in [1.807, 2.05) is 43.0 Å². The summed E-state index contributed by atoms with van der Waals surface area (Å²) in [6, 6.07) is 10.4. The number of anilines is 1. The molecule has 8 heteroatoms. The van der Waals surface area contributed by atoms with Gasteiger partial charge in [-0.2, -0.15) is 10.1 Å². The van der Waals surface area contributed by atoms with E-state index in [1.165, 1.54) is 24.2 Å². The third-order valence-corrected chi connectivity index (χ3v) is 11.6. The van der Waals surface area contributed by atoms with E-state index < -0.39 is 5.67 Å². The molecule has 0 unspecified atom stereocenters. The van der Waals surface area contributed by atoms with Gasteiger partial charge in [-0.15, -0.1) is 0 Å². The molecule has 4 bridgehead atoms. The molecule has 2 aromatic heterocycles. The number of fused-ring (bicyclic) bond motifs is 3. The minimum absolute atomic E-state index is 0.100. The Morgan fingerprint density at radius 3 is 2.40 bits per heavy atom. The number of rotatable bonds is 9. The van der Waals surface area contributed by atoms with Crippen LogP contribution in [0.25, 0.3) is 11.4 Å². The molecule has 0 atom stereocenters. The van der Waals surface area contributed by atoms with Gasteiger partial charge in [0, 0.05) is 54.2 Å². The summed E-state index contributed by atoms with van der Waals surface area (Å²) in [6.45, 7) is 4.77. The van der Waals surface area contributed by atoms with Gasteiger partial charge in [-0.05, 0) is 99.7 Å². The Morgan fingerprint density at radius 2 is 1.79 bits per heavy atom. The maximum absolute atomic E-state index is 14.4. The molecule has 7 saturated carbocycles. The SMILES string of the molecule is CC(C)c1nc(-c2cccc(N(CC34CCC(c5cc(C6CC6)nn5C)(CC3)CC4)C(=O)CC34CC(F)(C3)C4)c2)no1. The topological polar surface area (TPSA) is 77.1 Å². The van der Waals surface area contributed by atoms with Crippen LogP contribution in [0.1, 0.15) is 120 Å². The first-order valence-corrected chi connectivity index (χ1v) is 16.1. The summed E-state index contributed by atoms with van der Waals surface area (Å²) in [5.74, 6) is 2.10. The molecule has 7 aliphatic carbocycles. The highest BCUT2D eigenvalue weighted by Crippen LogP contribution is 2.71.